The Morgan fingerprint density at radius 2 is 1.88 bits per heavy atom. The van der Waals surface area contributed by atoms with E-state index in [9.17, 15) is 4.79 Å². The highest BCUT2D eigenvalue weighted by Gasteiger charge is 2.29. The van der Waals surface area contributed by atoms with Gasteiger partial charge < -0.3 is 10.6 Å². The number of aromatic nitrogens is 1. The molecule has 5 heteroatoms. The van der Waals surface area contributed by atoms with Crippen LogP contribution in [0.15, 0.2) is 54.6 Å². The third-order valence-corrected chi connectivity index (χ3v) is 4.97. The van der Waals surface area contributed by atoms with Gasteiger partial charge in [0.2, 0.25) is 5.91 Å². The number of hydrogen-bond donors (Lipinski definition) is 2. The molecule has 1 atom stereocenters. The summed E-state index contributed by atoms with van der Waals surface area (Å²) in [4.78, 5) is 16.3. The van der Waals surface area contributed by atoms with Crippen molar-refractivity contribution in [2.24, 2.45) is 5.92 Å². The molecule has 4 nitrogen and oxygen atoms in total. The molecular formula is C21H20ClN3O. The van der Waals surface area contributed by atoms with E-state index in [4.69, 9.17) is 11.6 Å². The van der Waals surface area contributed by atoms with E-state index in [0.717, 1.165) is 40.7 Å². The van der Waals surface area contributed by atoms with Gasteiger partial charge in [-0.2, -0.15) is 0 Å². The Labute approximate surface area is 157 Å². The van der Waals surface area contributed by atoms with Gasteiger partial charge in [-0.3, -0.25) is 4.79 Å². The van der Waals surface area contributed by atoms with Gasteiger partial charge in [0, 0.05) is 23.0 Å². The van der Waals surface area contributed by atoms with Crippen LogP contribution >= 0.6 is 11.6 Å². The molecule has 0 bridgehead atoms. The van der Waals surface area contributed by atoms with Gasteiger partial charge in [0.15, 0.2) is 0 Å². The Morgan fingerprint density at radius 1 is 1.15 bits per heavy atom. The van der Waals surface area contributed by atoms with Gasteiger partial charge in [-0.15, -0.1) is 0 Å². The second-order valence-corrected chi connectivity index (χ2v) is 7.13. The van der Waals surface area contributed by atoms with Crippen LogP contribution in [-0.4, -0.2) is 10.9 Å². The molecule has 1 unspecified atom stereocenters. The van der Waals surface area contributed by atoms with Crippen LogP contribution in [0.3, 0.4) is 0 Å². The molecular weight excluding hydrogens is 346 g/mol. The number of carbonyl (C=O) groups is 1. The first kappa shape index (κ1) is 16.9. The number of hydrogen-bond acceptors (Lipinski definition) is 3. The van der Waals surface area contributed by atoms with Crippen LogP contribution in [0.25, 0.3) is 10.8 Å². The van der Waals surface area contributed by atoms with E-state index in [1.807, 2.05) is 54.6 Å². The Kier molecular flexibility index (Phi) is 4.51. The lowest BCUT2D eigenvalue weighted by Crippen LogP contribution is -2.13. The zero-order chi connectivity index (χ0) is 18.1. The minimum absolute atomic E-state index is 0.0629. The average Bonchev–Trinajstić information content (AvgIpc) is 3.47. The first-order valence-electron chi connectivity index (χ1n) is 8.83. The van der Waals surface area contributed by atoms with E-state index in [2.05, 4.69) is 22.5 Å². The van der Waals surface area contributed by atoms with Gasteiger partial charge in [-0.1, -0.05) is 48.0 Å². The maximum atomic E-state index is 11.8. The van der Waals surface area contributed by atoms with E-state index in [-0.39, 0.29) is 17.9 Å². The Hall–Kier alpha value is -2.59. The van der Waals surface area contributed by atoms with Crippen molar-refractivity contribution in [1.29, 1.82) is 0 Å². The van der Waals surface area contributed by atoms with Crippen LogP contribution in [0.5, 0.6) is 0 Å². The molecule has 1 amide bonds. The fraction of sp³-hybridized carbons (Fsp3) is 0.238. The second-order valence-electron chi connectivity index (χ2n) is 6.77. The van der Waals surface area contributed by atoms with Crippen molar-refractivity contribution in [3.05, 3.63) is 65.3 Å². The van der Waals surface area contributed by atoms with Gasteiger partial charge in [-0.05, 0) is 48.9 Å². The number of rotatable bonds is 5. The number of nitrogens with zero attached hydrogens (tertiary/aromatic N) is 1. The van der Waals surface area contributed by atoms with Crippen molar-refractivity contribution >= 4 is 39.8 Å². The van der Waals surface area contributed by atoms with Crippen molar-refractivity contribution in [2.45, 2.75) is 25.8 Å². The summed E-state index contributed by atoms with van der Waals surface area (Å²) >= 11 is 6.30. The summed E-state index contributed by atoms with van der Waals surface area (Å²) in [7, 11) is 0. The fourth-order valence-corrected chi connectivity index (χ4v) is 3.24. The predicted molar refractivity (Wildman–Crippen MR) is 107 cm³/mol. The molecule has 2 N–H and O–H groups in total. The smallest absolute Gasteiger partial charge is 0.227 e. The van der Waals surface area contributed by atoms with Crippen LogP contribution in [0.4, 0.5) is 11.5 Å². The molecule has 0 spiro atoms. The topological polar surface area (TPSA) is 54.0 Å². The molecule has 1 heterocycles. The minimum atomic E-state index is 0.0629. The van der Waals surface area contributed by atoms with E-state index in [0.29, 0.717) is 5.15 Å². The standard InChI is InChI=1S/C21H20ClN3O/c1-13(14-8-10-17(11-9-14)24-21(26)15-6-7-15)23-19-12-16-4-2-3-5-18(16)20(22)25-19/h2-5,8-13,15H,6-7H2,1H3,(H,23,25)(H,24,26). The number of amides is 1. The highest BCUT2D eigenvalue weighted by atomic mass is 35.5. The third kappa shape index (κ3) is 3.65. The molecule has 1 fully saturated rings. The number of carbonyl (C=O) groups excluding carboxylic acids is 1. The van der Waals surface area contributed by atoms with E-state index in [1.165, 1.54) is 0 Å². The van der Waals surface area contributed by atoms with Crippen LogP contribution in [0, 0.1) is 5.92 Å². The second kappa shape index (κ2) is 6.96. The minimum Gasteiger partial charge on any atom is -0.363 e. The molecule has 2 aromatic carbocycles. The molecule has 0 saturated heterocycles. The molecule has 1 saturated carbocycles. The summed E-state index contributed by atoms with van der Waals surface area (Å²) in [6.07, 6.45) is 2.01. The SMILES string of the molecule is CC(Nc1cc2ccccc2c(Cl)n1)c1ccc(NC(=O)C2CC2)cc1. The summed E-state index contributed by atoms with van der Waals surface area (Å²) in [5.41, 5.74) is 1.95. The largest absolute Gasteiger partial charge is 0.363 e. The Morgan fingerprint density at radius 3 is 2.62 bits per heavy atom. The van der Waals surface area contributed by atoms with Crippen LogP contribution in [-0.2, 0) is 4.79 Å². The van der Waals surface area contributed by atoms with Gasteiger partial charge in [0.05, 0.1) is 0 Å². The zero-order valence-corrected chi connectivity index (χ0v) is 15.3. The monoisotopic (exact) mass is 365 g/mol. The Bertz CT molecular complexity index is 951. The maximum Gasteiger partial charge on any atom is 0.227 e. The molecule has 4 rings (SSSR count). The first-order valence-corrected chi connectivity index (χ1v) is 9.20. The van der Waals surface area contributed by atoms with E-state index >= 15 is 0 Å². The molecule has 0 radical (unpaired) electrons. The summed E-state index contributed by atoms with van der Waals surface area (Å²) < 4.78 is 0. The van der Waals surface area contributed by atoms with E-state index < -0.39 is 0 Å². The van der Waals surface area contributed by atoms with Gasteiger partial charge >= 0.3 is 0 Å². The lowest BCUT2D eigenvalue weighted by Gasteiger charge is -2.16. The number of benzene rings is 2. The number of halogens is 1. The average molecular weight is 366 g/mol. The highest BCUT2D eigenvalue weighted by Crippen LogP contribution is 2.30. The van der Waals surface area contributed by atoms with Crippen LogP contribution in [0.1, 0.15) is 31.4 Å². The van der Waals surface area contributed by atoms with Crippen molar-refractivity contribution in [2.75, 3.05) is 10.6 Å². The number of pyridine rings is 1. The first-order chi connectivity index (χ1) is 12.6. The summed E-state index contributed by atoms with van der Waals surface area (Å²) in [5, 5.41) is 8.85. The summed E-state index contributed by atoms with van der Waals surface area (Å²) in [5.74, 6) is 1.07. The molecule has 0 aliphatic heterocycles. The molecule has 1 aromatic heterocycles. The lowest BCUT2D eigenvalue weighted by atomic mass is 10.1. The van der Waals surface area contributed by atoms with Gasteiger partial charge in [0.1, 0.15) is 11.0 Å². The van der Waals surface area contributed by atoms with Crippen molar-refractivity contribution in [3.8, 4) is 0 Å². The number of nitrogens with one attached hydrogen (secondary N) is 2. The van der Waals surface area contributed by atoms with Crippen molar-refractivity contribution < 1.29 is 4.79 Å². The predicted octanol–water partition coefficient (Wildman–Crippen LogP) is 5.41. The molecule has 3 aromatic rings. The summed E-state index contributed by atoms with van der Waals surface area (Å²) in [6, 6.07) is 17.9. The molecule has 132 valence electrons. The molecule has 1 aliphatic rings. The van der Waals surface area contributed by atoms with Crippen molar-refractivity contribution in [3.63, 3.8) is 0 Å². The lowest BCUT2D eigenvalue weighted by molar-refractivity contribution is -0.117. The van der Waals surface area contributed by atoms with Crippen molar-refractivity contribution in [1.82, 2.24) is 4.98 Å². The third-order valence-electron chi connectivity index (χ3n) is 4.68. The highest BCUT2D eigenvalue weighted by molar-refractivity contribution is 6.34. The number of anilines is 2. The molecule has 1 aliphatic carbocycles. The quantitative estimate of drug-likeness (QED) is 0.594. The maximum absolute atomic E-state index is 11.8. The van der Waals surface area contributed by atoms with Crippen LogP contribution in [0.2, 0.25) is 5.15 Å². The fourth-order valence-electron chi connectivity index (χ4n) is 2.98. The van der Waals surface area contributed by atoms with E-state index in [1.54, 1.807) is 0 Å². The number of fused-ring (bicyclic) bond motifs is 1. The van der Waals surface area contributed by atoms with Gasteiger partial charge in [-0.25, -0.2) is 4.98 Å². The van der Waals surface area contributed by atoms with Gasteiger partial charge in [0.25, 0.3) is 0 Å². The summed E-state index contributed by atoms with van der Waals surface area (Å²) in [6.45, 7) is 2.07. The Balaban J connectivity index is 1.47. The van der Waals surface area contributed by atoms with Crippen LogP contribution < -0.4 is 10.6 Å². The zero-order valence-electron chi connectivity index (χ0n) is 14.5. The molecule has 26 heavy (non-hydrogen) atoms. The normalized spacial score (nSPS) is 14.8.